The van der Waals surface area contributed by atoms with Gasteiger partial charge in [0.05, 0.1) is 0 Å². The zero-order valence-corrected chi connectivity index (χ0v) is 13.4. The van der Waals surface area contributed by atoms with Gasteiger partial charge in [0.15, 0.2) is 4.21 Å². The molecule has 1 fully saturated rings. The molecule has 0 radical (unpaired) electrons. The third-order valence-corrected chi connectivity index (χ3v) is 7.51. The lowest BCUT2D eigenvalue weighted by Gasteiger charge is -2.30. The summed E-state index contributed by atoms with van der Waals surface area (Å²) in [6.07, 6.45) is 2.81. The van der Waals surface area contributed by atoms with Crippen LogP contribution in [0.3, 0.4) is 0 Å². The minimum Gasteiger partial charge on any atom is -0.330 e. The monoisotopic (exact) mass is 319 g/mol. The van der Waals surface area contributed by atoms with Crippen LogP contribution in [0.15, 0.2) is 9.00 Å². The summed E-state index contributed by atoms with van der Waals surface area (Å²) in [7, 11) is -3.62. The van der Waals surface area contributed by atoms with Crippen LogP contribution < -0.4 is 10.6 Å². The van der Waals surface area contributed by atoms with Gasteiger partial charge >= 0.3 is 4.87 Å². The molecule has 114 valence electrons. The topological polar surface area (TPSA) is 96.3 Å². The van der Waals surface area contributed by atoms with Crippen LogP contribution in [0.2, 0.25) is 0 Å². The van der Waals surface area contributed by atoms with E-state index in [-0.39, 0.29) is 21.0 Å². The van der Waals surface area contributed by atoms with Gasteiger partial charge in [0.1, 0.15) is 0 Å². The summed E-state index contributed by atoms with van der Waals surface area (Å²) in [6.45, 7) is 4.34. The van der Waals surface area contributed by atoms with Crippen molar-refractivity contribution in [2.75, 3.05) is 13.1 Å². The molecule has 6 nitrogen and oxygen atoms in total. The molecule has 2 atom stereocenters. The first-order chi connectivity index (χ1) is 9.41. The van der Waals surface area contributed by atoms with Gasteiger partial charge in [-0.05, 0) is 32.2 Å². The smallest absolute Gasteiger partial charge is 0.305 e. The van der Waals surface area contributed by atoms with E-state index in [1.807, 2.05) is 6.92 Å². The van der Waals surface area contributed by atoms with Gasteiger partial charge in [-0.2, -0.15) is 4.31 Å². The molecule has 3 N–H and O–H groups in total. The van der Waals surface area contributed by atoms with Gasteiger partial charge in [-0.1, -0.05) is 24.7 Å². The molecule has 1 aromatic heterocycles. The number of thiazole rings is 1. The van der Waals surface area contributed by atoms with Crippen molar-refractivity contribution < 1.29 is 8.42 Å². The molecular weight excluding hydrogens is 298 g/mol. The fraction of sp³-hybridized carbons (Fsp3) is 0.750. The molecule has 2 unspecified atom stereocenters. The van der Waals surface area contributed by atoms with Crippen LogP contribution in [-0.2, 0) is 10.0 Å². The van der Waals surface area contributed by atoms with E-state index in [0.29, 0.717) is 18.8 Å². The van der Waals surface area contributed by atoms with Crippen LogP contribution in [0.25, 0.3) is 0 Å². The van der Waals surface area contributed by atoms with Crippen molar-refractivity contribution in [2.45, 2.75) is 43.4 Å². The van der Waals surface area contributed by atoms with E-state index in [2.05, 4.69) is 4.98 Å². The SMILES string of the molecule is CCN(C1CCCC1CN)S(=O)(=O)c1sc(=O)[nH]c1C. The lowest BCUT2D eigenvalue weighted by Crippen LogP contribution is -2.43. The number of nitrogens with one attached hydrogen (secondary N) is 1. The van der Waals surface area contributed by atoms with Gasteiger partial charge in [-0.25, -0.2) is 8.42 Å². The molecule has 1 saturated carbocycles. The first kappa shape index (κ1) is 15.7. The average Bonchev–Trinajstić information content (AvgIpc) is 2.96. The second-order valence-electron chi connectivity index (χ2n) is 5.13. The van der Waals surface area contributed by atoms with Crippen molar-refractivity contribution in [3.8, 4) is 0 Å². The van der Waals surface area contributed by atoms with Crippen LogP contribution in [0.4, 0.5) is 0 Å². The van der Waals surface area contributed by atoms with Crippen LogP contribution in [-0.4, -0.2) is 36.8 Å². The number of nitrogens with zero attached hydrogens (tertiary/aromatic N) is 1. The van der Waals surface area contributed by atoms with Gasteiger partial charge < -0.3 is 10.7 Å². The first-order valence-electron chi connectivity index (χ1n) is 6.83. The second-order valence-corrected chi connectivity index (χ2v) is 8.20. The molecule has 1 aliphatic rings. The van der Waals surface area contributed by atoms with E-state index in [0.717, 1.165) is 30.6 Å². The fourth-order valence-electron chi connectivity index (χ4n) is 3.00. The summed E-state index contributed by atoms with van der Waals surface area (Å²) in [5.74, 6) is 0.209. The van der Waals surface area contributed by atoms with E-state index < -0.39 is 10.0 Å². The fourth-order valence-corrected chi connectivity index (χ4v) is 6.13. The molecule has 1 aliphatic carbocycles. The Balaban J connectivity index is 2.40. The summed E-state index contributed by atoms with van der Waals surface area (Å²) >= 11 is 0.761. The zero-order valence-electron chi connectivity index (χ0n) is 11.8. The van der Waals surface area contributed by atoms with Crippen LogP contribution >= 0.6 is 11.3 Å². The van der Waals surface area contributed by atoms with Crippen molar-refractivity contribution in [2.24, 2.45) is 11.7 Å². The zero-order chi connectivity index (χ0) is 14.9. The average molecular weight is 319 g/mol. The molecule has 2 rings (SSSR count). The number of aromatic nitrogens is 1. The first-order valence-corrected chi connectivity index (χ1v) is 9.09. The number of hydrogen-bond acceptors (Lipinski definition) is 5. The van der Waals surface area contributed by atoms with Crippen LogP contribution in [0, 0.1) is 12.8 Å². The molecule has 1 aromatic rings. The van der Waals surface area contributed by atoms with Crippen LogP contribution in [0.5, 0.6) is 0 Å². The van der Waals surface area contributed by atoms with Crippen LogP contribution in [0.1, 0.15) is 31.9 Å². The molecule has 0 aliphatic heterocycles. The number of rotatable bonds is 5. The molecular formula is C12H21N3O3S2. The lowest BCUT2D eigenvalue weighted by atomic mass is 10.0. The summed E-state index contributed by atoms with van der Waals surface area (Å²) < 4.78 is 27.2. The normalized spacial score (nSPS) is 23.6. The Kier molecular flexibility index (Phi) is 4.68. The molecule has 0 spiro atoms. The largest absolute Gasteiger partial charge is 0.330 e. The highest BCUT2D eigenvalue weighted by molar-refractivity contribution is 7.91. The highest BCUT2D eigenvalue weighted by Crippen LogP contribution is 2.33. The molecule has 0 bridgehead atoms. The Morgan fingerprint density at radius 3 is 2.65 bits per heavy atom. The van der Waals surface area contributed by atoms with Gasteiger partial charge in [0.25, 0.3) is 10.0 Å². The Labute approximate surface area is 123 Å². The van der Waals surface area contributed by atoms with Gasteiger partial charge in [0, 0.05) is 18.3 Å². The van der Waals surface area contributed by atoms with E-state index >= 15 is 0 Å². The number of aryl methyl sites for hydroxylation is 1. The van der Waals surface area contributed by atoms with E-state index in [1.165, 1.54) is 4.31 Å². The van der Waals surface area contributed by atoms with E-state index in [9.17, 15) is 13.2 Å². The standard InChI is InChI=1S/C12H21N3O3S2/c1-3-15(10-6-4-5-9(10)7-13)20(17,18)11-8(2)14-12(16)19-11/h9-10H,3-7,13H2,1-2H3,(H,14,16). The molecule has 0 saturated heterocycles. The quantitative estimate of drug-likeness (QED) is 0.842. The molecule has 0 amide bonds. The summed E-state index contributed by atoms with van der Waals surface area (Å²) in [5.41, 5.74) is 6.17. The minimum absolute atomic E-state index is 0.0494. The van der Waals surface area contributed by atoms with Crippen molar-refractivity contribution >= 4 is 21.4 Å². The molecule has 8 heteroatoms. The minimum atomic E-state index is -3.62. The van der Waals surface area contributed by atoms with Gasteiger partial charge in [-0.15, -0.1) is 0 Å². The third-order valence-electron chi connectivity index (χ3n) is 3.93. The summed E-state index contributed by atoms with van der Waals surface area (Å²) in [6, 6.07) is -0.0494. The number of hydrogen-bond donors (Lipinski definition) is 2. The number of nitrogens with two attached hydrogens (primary N) is 1. The maximum Gasteiger partial charge on any atom is 0.305 e. The number of aromatic amines is 1. The van der Waals surface area contributed by atoms with Gasteiger partial charge in [-0.3, -0.25) is 4.79 Å². The second kappa shape index (κ2) is 5.97. The highest BCUT2D eigenvalue weighted by Gasteiger charge is 2.38. The molecule has 20 heavy (non-hydrogen) atoms. The van der Waals surface area contributed by atoms with Crippen molar-refractivity contribution in [1.82, 2.24) is 9.29 Å². The van der Waals surface area contributed by atoms with Crippen molar-refractivity contribution in [3.05, 3.63) is 15.4 Å². The highest BCUT2D eigenvalue weighted by atomic mass is 32.2. The Hall–Kier alpha value is -0.700. The predicted molar refractivity (Wildman–Crippen MR) is 79.4 cm³/mol. The lowest BCUT2D eigenvalue weighted by molar-refractivity contribution is 0.276. The molecule has 1 heterocycles. The number of sulfonamides is 1. The van der Waals surface area contributed by atoms with E-state index in [1.54, 1.807) is 6.92 Å². The van der Waals surface area contributed by atoms with Crippen molar-refractivity contribution in [1.29, 1.82) is 0 Å². The molecule has 0 aromatic carbocycles. The maximum absolute atomic E-state index is 12.8. The summed E-state index contributed by atoms with van der Waals surface area (Å²) in [4.78, 5) is 13.6. The Morgan fingerprint density at radius 2 is 2.15 bits per heavy atom. The van der Waals surface area contributed by atoms with Crippen molar-refractivity contribution in [3.63, 3.8) is 0 Å². The van der Waals surface area contributed by atoms with E-state index in [4.69, 9.17) is 5.73 Å². The maximum atomic E-state index is 12.8. The van der Waals surface area contributed by atoms with Gasteiger partial charge in [0.2, 0.25) is 0 Å². The summed E-state index contributed by atoms with van der Waals surface area (Å²) in [5, 5.41) is 0. The number of H-pyrrole nitrogens is 1. The Morgan fingerprint density at radius 1 is 1.45 bits per heavy atom. The predicted octanol–water partition coefficient (Wildman–Crippen LogP) is 0.883. The Bertz CT molecular complexity index is 620. The third kappa shape index (κ3) is 2.69.